The van der Waals surface area contributed by atoms with Gasteiger partial charge in [-0.1, -0.05) is 33.6 Å². The highest BCUT2D eigenvalue weighted by molar-refractivity contribution is 9.10. The Morgan fingerprint density at radius 1 is 1.35 bits per heavy atom. The van der Waals surface area contributed by atoms with Gasteiger partial charge in [0.05, 0.1) is 11.6 Å². The summed E-state index contributed by atoms with van der Waals surface area (Å²) in [6.07, 6.45) is 5.64. The molecule has 0 amide bonds. The number of rotatable bonds is 8. The molecule has 4 nitrogen and oxygen atoms in total. The van der Waals surface area contributed by atoms with E-state index in [1.54, 1.807) is 6.07 Å². The lowest BCUT2D eigenvalue weighted by Gasteiger charge is -2.12. The Labute approximate surface area is 133 Å². The molecule has 0 radical (unpaired) electrons. The molecule has 1 rings (SSSR count). The second kappa shape index (κ2) is 8.02. The predicted octanol–water partition coefficient (Wildman–Crippen LogP) is 3.88. The van der Waals surface area contributed by atoms with Gasteiger partial charge in [0.15, 0.2) is 5.75 Å². The van der Waals surface area contributed by atoms with Crippen molar-refractivity contribution >= 4 is 37.6 Å². The van der Waals surface area contributed by atoms with E-state index in [1.807, 2.05) is 6.08 Å². The van der Waals surface area contributed by atoms with Crippen LogP contribution in [0.5, 0.6) is 5.75 Å². The zero-order chi connectivity index (χ0) is 15.2. The van der Waals surface area contributed by atoms with Gasteiger partial charge in [-0.15, -0.1) is 6.58 Å². The molecule has 0 aliphatic carbocycles. The molecule has 1 aromatic carbocycles. The SMILES string of the molecule is C=CCCCCCOc1c(Cl)cc(Br)cc1S(N)(=O)=O. The molecular weight excluding hydrogens is 366 g/mol. The van der Waals surface area contributed by atoms with Gasteiger partial charge >= 0.3 is 0 Å². The van der Waals surface area contributed by atoms with Crippen molar-refractivity contribution in [2.45, 2.75) is 30.6 Å². The molecule has 112 valence electrons. The standard InChI is InChI=1S/C13H17BrClNO3S/c1-2-3-4-5-6-7-19-13-11(15)8-10(14)9-12(13)20(16,17)18/h2,8-9H,1,3-7H2,(H2,16,17,18). The molecule has 0 heterocycles. The van der Waals surface area contributed by atoms with Gasteiger partial charge in [-0.2, -0.15) is 0 Å². The molecule has 0 saturated carbocycles. The lowest BCUT2D eigenvalue weighted by molar-refractivity contribution is 0.298. The van der Waals surface area contributed by atoms with E-state index in [9.17, 15) is 8.42 Å². The third kappa shape index (κ3) is 5.44. The Morgan fingerprint density at radius 2 is 2.05 bits per heavy atom. The highest BCUT2D eigenvalue weighted by Gasteiger charge is 2.19. The quantitative estimate of drug-likeness (QED) is 0.548. The fourth-order valence-electron chi connectivity index (χ4n) is 1.63. The summed E-state index contributed by atoms with van der Waals surface area (Å²) < 4.78 is 29.1. The molecule has 0 spiro atoms. The summed E-state index contributed by atoms with van der Waals surface area (Å²) in [7, 11) is -3.88. The van der Waals surface area contributed by atoms with Crippen LogP contribution in [0.2, 0.25) is 5.02 Å². The van der Waals surface area contributed by atoms with E-state index in [1.165, 1.54) is 6.07 Å². The summed E-state index contributed by atoms with van der Waals surface area (Å²) >= 11 is 9.20. The molecule has 7 heteroatoms. The van der Waals surface area contributed by atoms with Crippen molar-refractivity contribution in [1.29, 1.82) is 0 Å². The Balaban J connectivity index is 2.76. The van der Waals surface area contributed by atoms with Crippen molar-refractivity contribution in [3.05, 3.63) is 34.3 Å². The lowest BCUT2D eigenvalue weighted by atomic mass is 10.2. The summed E-state index contributed by atoms with van der Waals surface area (Å²) in [6, 6.07) is 2.96. The minimum Gasteiger partial charge on any atom is -0.491 e. The van der Waals surface area contributed by atoms with Crippen LogP contribution in [-0.2, 0) is 10.0 Å². The first kappa shape index (κ1) is 17.5. The zero-order valence-corrected chi connectivity index (χ0v) is 14.1. The van der Waals surface area contributed by atoms with Crippen LogP contribution in [0.4, 0.5) is 0 Å². The lowest BCUT2D eigenvalue weighted by Crippen LogP contribution is -2.14. The fourth-order valence-corrected chi connectivity index (χ4v) is 3.42. The number of allylic oxidation sites excluding steroid dienone is 1. The monoisotopic (exact) mass is 381 g/mol. The minimum absolute atomic E-state index is 0.108. The van der Waals surface area contributed by atoms with Crippen LogP contribution in [0.15, 0.2) is 34.2 Å². The van der Waals surface area contributed by atoms with Crippen molar-refractivity contribution in [1.82, 2.24) is 0 Å². The number of sulfonamides is 1. The van der Waals surface area contributed by atoms with Crippen molar-refractivity contribution < 1.29 is 13.2 Å². The normalized spacial score (nSPS) is 11.3. The van der Waals surface area contributed by atoms with Crippen molar-refractivity contribution in [2.75, 3.05) is 6.61 Å². The van der Waals surface area contributed by atoms with Crippen LogP contribution in [0.3, 0.4) is 0 Å². The summed E-state index contributed by atoms with van der Waals surface area (Å²) in [5.74, 6) is 0.112. The second-order valence-electron chi connectivity index (χ2n) is 4.25. The second-order valence-corrected chi connectivity index (χ2v) is 7.10. The van der Waals surface area contributed by atoms with Gasteiger partial charge < -0.3 is 4.74 Å². The first-order valence-electron chi connectivity index (χ1n) is 6.12. The van der Waals surface area contributed by atoms with Gasteiger partial charge in [0.25, 0.3) is 0 Å². The Hall–Kier alpha value is -0.560. The summed E-state index contributed by atoms with van der Waals surface area (Å²) in [4.78, 5) is -0.108. The smallest absolute Gasteiger partial charge is 0.241 e. The summed E-state index contributed by atoms with van der Waals surface area (Å²) in [5, 5.41) is 5.38. The highest BCUT2D eigenvalue weighted by Crippen LogP contribution is 2.35. The molecule has 0 atom stereocenters. The minimum atomic E-state index is -3.88. The molecule has 0 aliphatic heterocycles. The van der Waals surface area contributed by atoms with E-state index in [0.717, 1.165) is 25.7 Å². The number of nitrogens with two attached hydrogens (primary N) is 1. The molecule has 1 aromatic rings. The number of hydrogen-bond acceptors (Lipinski definition) is 3. The third-order valence-electron chi connectivity index (χ3n) is 2.58. The van der Waals surface area contributed by atoms with E-state index in [0.29, 0.717) is 11.1 Å². The van der Waals surface area contributed by atoms with Gasteiger partial charge in [0.2, 0.25) is 10.0 Å². The number of unbranched alkanes of at least 4 members (excludes halogenated alkanes) is 3. The van der Waals surface area contributed by atoms with E-state index >= 15 is 0 Å². The Morgan fingerprint density at radius 3 is 2.65 bits per heavy atom. The van der Waals surface area contributed by atoms with E-state index in [4.69, 9.17) is 21.5 Å². The number of benzene rings is 1. The van der Waals surface area contributed by atoms with Crippen LogP contribution < -0.4 is 9.88 Å². The van der Waals surface area contributed by atoms with Gasteiger partial charge in [-0.05, 0) is 37.8 Å². The topological polar surface area (TPSA) is 69.4 Å². The van der Waals surface area contributed by atoms with Crippen LogP contribution in [0.25, 0.3) is 0 Å². The summed E-state index contributed by atoms with van der Waals surface area (Å²) in [6.45, 7) is 4.04. The summed E-state index contributed by atoms with van der Waals surface area (Å²) in [5.41, 5.74) is 0. The molecule has 0 aliphatic rings. The molecule has 0 fully saturated rings. The van der Waals surface area contributed by atoms with Gasteiger partial charge in [-0.25, -0.2) is 13.6 Å². The first-order chi connectivity index (χ1) is 9.36. The molecule has 20 heavy (non-hydrogen) atoms. The van der Waals surface area contributed by atoms with Crippen molar-refractivity contribution in [2.24, 2.45) is 5.14 Å². The number of hydrogen-bond donors (Lipinski definition) is 1. The van der Waals surface area contributed by atoms with E-state index in [-0.39, 0.29) is 15.7 Å². The average molecular weight is 383 g/mol. The van der Waals surface area contributed by atoms with Gasteiger partial charge in [0.1, 0.15) is 4.90 Å². The molecule has 2 N–H and O–H groups in total. The molecule has 0 aromatic heterocycles. The fraction of sp³-hybridized carbons (Fsp3) is 0.385. The van der Waals surface area contributed by atoms with Crippen molar-refractivity contribution in [3.63, 3.8) is 0 Å². The maximum Gasteiger partial charge on any atom is 0.241 e. The first-order valence-corrected chi connectivity index (χ1v) is 8.83. The van der Waals surface area contributed by atoms with Gasteiger partial charge in [-0.3, -0.25) is 0 Å². The van der Waals surface area contributed by atoms with E-state index in [2.05, 4.69) is 22.5 Å². The van der Waals surface area contributed by atoms with Gasteiger partial charge in [0, 0.05) is 4.47 Å². The average Bonchev–Trinajstić information content (AvgIpc) is 2.34. The number of halogens is 2. The number of ether oxygens (including phenoxy) is 1. The Bertz CT molecular complexity index is 575. The highest BCUT2D eigenvalue weighted by atomic mass is 79.9. The van der Waals surface area contributed by atoms with Crippen LogP contribution in [0.1, 0.15) is 25.7 Å². The van der Waals surface area contributed by atoms with Crippen LogP contribution in [0, 0.1) is 0 Å². The largest absolute Gasteiger partial charge is 0.491 e. The van der Waals surface area contributed by atoms with Crippen LogP contribution in [-0.4, -0.2) is 15.0 Å². The number of primary sulfonamides is 1. The Kier molecular flexibility index (Phi) is 7.02. The maximum atomic E-state index is 11.5. The van der Waals surface area contributed by atoms with E-state index < -0.39 is 10.0 Å². The van der Waals surface area contributed by atoms with Crippen molar-refractivity contribution in [3.8, 4) is 5.75 Å². The predicted molar refractivity (Wildman–Crippen MR) is 84.7 cm³/mol. The molecule has 0 unspecified atom stereocenters. The van der Waals surface area contributed by atoms with Crippen LogP contribution >= 0.6 is 27.5 Å². The third-order valence-corrected chi connectivity index (χ3v) is 4.23. The molecular formula is C13H17BrClNO3S. The molecule has 0 saturated heterocycles. The zero-order valence-electron chi connectivity index (χ0n) is 10.9. The maximum absolute atomic E-state index is 11.5. The molecule has 0 bridgehead atoms.